The number of hydrogen-bond acceptors (Lipinski definition) is 4. The van der Waals surface area contributed by atoms with Crippen molar-refractivity contribution >= 4 is 61.6 Å². The molecule has 5 rings (SSSR count). The van der Waals surface area contributed by atoms with E-state index in [-0.39, 0.29) is 5.41 Å². The number of carboxylic acids is 1. The lowest BCUT2D eigenvalue weighted by molar-refractivity contribution is -0.146. The number of halogens is 2. The summed E-state index contributed by atoms with van der Waals surface area (Å²) in [6.45, 7) is 10.4. The predicted molar refractivity (Wildman–Crippen MR) is 170 cm³/mol. The van der Waals surface area contributed by atoms with Crippen LogP contribution in [0.25, 0.3) is 21.1 Å². The highest BCUT2D eigenvalue weighted by molar-refractivity contribution is 7.17. The molecule has 41 heavy (non-hydrogen) atoms. The highest BCUT2D eigenvalue weighted by atomic mass is 35.5. The molecule has 2 aromatic carbocycles. The van der Waals surface area contributed by atoms with E-state index in [1.54, 1.807) is 25.2 Å². The van der Waals surface area contributed by atoms with Gasteiger partial charge in [0.2, 0.25) is 0 Å². The van der Waals surface area contributed by atoms with Crippen LogP contribution in [0.2, 0.25) is 10.0 Å². The molecule has 0 saturated carbocycles. The Labute approximate surface area is 254 Å². The number of nitrogens with one attached hydrogen (secondary N) is 1. The van der Waals surface area contributed by atoms with Gasteiger partial charge in [-0.2, -0.15) is 0 Å². The van der Waals surface area contributed by atoms with Gasteiger partial charge in [0.25, 0.3) is 0 Å². The molecule has 0 spiro atoms. The fourth-order valence-electron chi connectivity index (χ4n) is 5.13. The number of pyridine rings is 1. The molecule has 0 aliphatic carbocycles. The number of aromatic nitrogens is 2. The average molecular weight is 610 g/mol. The fourth-order valence-corrected chi connectivity index (χ4v) is 6.35. The molecule has 3 aromatic heterocycles. The summed E-state index contributed by atoms with van der Waals surface area (Å²) in [5.41, 5.74) is 5.86. The Morgan fingerprint density at radius 1 is 0.976 bits per heavy atom. The summed E-state index contributed by atoms with van der Waals surface area (Å²) in [5, 5.41) is 14.2. The SMILES string of the molecule is CC(C)(C)Cc1c(CC(C)(C)C(=O)O)[nH]c2ccc(OCc3ccc4scc(Cl)c4n3)c(Cc3ccc(Cl)cc3)c12. The van der Waals surface area contributed by atoms with Gasteiger partial charge in [0.05, 0.1) is 20.8 Å². The quantitative estimate of drug-likeness (QED) is 0.175. The minimum Gasteiger partial charge on any atom is -0.487 e. The van der Waals surface area contributed by atoms with Crippen molar-refractivity contribution < 1.29 is 14.6 Å². The third-order valence-electron chi connectivity index (χ3n) is 7.23. The second-order valence-corrected chi connectivity index (χ2v) is 14.2. The Balaban J connectivity index is 1.63. The zero-order valence-corrected chi connectivity index (χ0v) is 26.2. The van der Waals surface area contributed by atoms with Crippen molar-refractivity contribution in [2.75, 3.05) is 0 Å². The molecular weight excluding hydrogens is 575 g/mol. The fraction of sp³-hybridized carbons (Fsp3) is 0.333. The number of ether oxygens (including phenoxy) is 1. The zero-order valence-electron chi connectivity index (χ0n) is 23.9. The van der Waals surface area contributed by atoms with Crippen LogP contribution in [-0.2, 0) is 30.7 Å². The average Bonchev–Trinajstić information content (AvgIpc) is 3.43. The van der Waals surface area contributed by atoms with Crippen molar-refractivity contribution in [2.24, 2.45) is 10.8 Å². The van der Waals surface area contributed by atoms with Gasteiger partial charge in [-0.05, 0) is 73.2 Å². The zero-order chi connectivity index (χ0) is 29.5. The van der Waals surface area contributed by atoms with Crippen molar-refractivity contribution in [3.05, 3.63) is 92.0 Å². The number of hydrogen-bond donors (Lipinski definition) is 2. The number of carboxylic acid groups (broad SMARTS) is 1. The van der Waals surface area contributed by atoms with Crippen LogP contribution in [0.4, 0.5) is 0 Å². The highest BCUT2D eigenvalue weighted by Crippen LogP contribution is 2.39. The maximum absolute atomic E-state index is 12.1. The van der Waals surface area contributed by atoms with Crippen LogP contribution in [0.5, 0.6) is 5.75 Å². The van der Waals surface area contributed by atoms with Crippen LogP contribution < -0.4 is 4.74 Å². The first-order chi connectivity index (χ1) is 19.3. The van der Waals surface area contributed by atoms with Gasteiger partial charge < -0.3 is 14.8 Å². The van der Waals surface area contributed by atoms with Crippen molar-refractivity contribution in [3.63, 3.8) is 0 Å². The molecule has 0 fully saturated rings. The number of aromatic amines is 1. The summed E-state index contributed by atoms with van der Waals surface area (Å²) < 4.78 is 7.53. The molecule has 5 aromatic rings. The normalized spacial score (nSPS) is 12.4. The molecule has 2 N–H and O–H groups in total. The molecule has 0 amide bonds. The molecule has 8 heteroatoms. The second-order valence-electron chi connectivity index (χ2n) is 12.5. The summed E-state index contributed by atoms with van der Waals surface area (Å²) in [7, 11) is 0. The van der Waals surface area contributed by atoms with Crippen molar-refractivity contribution in [2.45, 2.75) is 60.5 Å². The first-order valence-corrected chi connectivity index (χ1v) is 15.2. The second kappa shape index (κ2) is 11.3. The van der Waals surface area contributed by atoms with Gasteiger partial charge in [0, 0.05) is 45.4 Å². The molecule has 5 nitrogen and oxygen atoms in total. The molecule has 3 heterocycles. The first-order valence-electron chi connectivity index (χ1n) is 13.6. The van der Waals surface area contributed by atoms with E-state index in [0.717, 1.165) is 61.4 Å². The number of aliphatic carboxylic acids is 1. The predicted octanol–water partition coefficient (Wildman–Crippen LogP) is 9.50. The van der Waals surface area contributed by atoms with Gasteiger partial charge in [0.1, 0.15) is 17.9 Å². The van der Waals surface area contributed by atoms with Crippen molar-refractivity contribution in [3.8, 4) is 5.75 Å². The van der Waals surface area contributed by atoms with E-state index in [4.69, 9.17) is 32.9 Å². The Kier molecular flexibility index (Phi) is 8.12. The molecule has 0 unspecified atom stereocenters. The lowest BCUT2D eigenvalue weighted by Crippen LogP contribution is -2.27. The van der Waals surface area contributed by atoms with Gasteiger partial charge in [-0.3, -0.25) is 4.79 Å². The van der Waals surface area contributed by atoms with Gasteiger partial charge in [-0.15, -0.1) is 11.3 Å². The van der Waals surface area contributed by atoms with Gasteiger partial charge in [-0.25, -0.2) is 4.98 Å². The molecule has 0 bridgehead atoms. The Hall–Kier alpha value is -3.06. The summed E-state index contributed by atoms with van der Waals surface area (Å²) >= 11 is 14.1. The molecule has 0 aliphatic rings. The molecule has 0 atom stereocenters. The molecule has 214 valence electrons. The number of H-pyrrole nitrogens is 1. The van der Waals surface area contributed by atoms with E-state index in [1.165, 1.54) is 0 Å². The van der Waals surface area contributed by atoms with Crippen molar-refractivity contribution in [1.29, 1.82) is 0 Å². The molecule has 0 aliphatic heterocycles. The number of carbonyl (C=O) groups is 1. The van der Waals surface area contributed by atoms with Gasteiger partial charge >= 0.3 is 5.97 Å². The van der Waals surface area contributed by atoms with Gasteiger partial charge in [0.15, 0.2) is 0 Å². The standard InChI is InChI=1S/C33H34Cl2N2O3S/c1-32(2,3)15-23-26(16-33(4,5)31(38)39)37-25-11-12-27(22(29(23)25)14-19-6-8-20(34)9-7-19)40-17-21-10-13-28-30(36-21)24(35)18-41-28/h6-13,18,37H,14-17H2,1-5H3,(H,38,39). The van der Waals surface area contributed by atoms with E-state index >= 15 is 0 Å². The van der Waals surface area contributed by atoms with Crippen LogP contribution >= 0.6 is 34.5 Å². The van der Waals surface area contributed by atoms with E-state index in [9.17, 15) is 9.90 Å². The van der Waals surface area contributed by atoms with Crippen molar-refractivity contribution in [1.82, 2.24) is 9.97 Å². The van der Waals surface area contributed by atoms with Crippen LogP contribution in [0.1, 0.15) is 62.7 Å². The Morgan fingerprint density at radius 2 is 1.71 bits per heavy atom. The molecule has 0 radical (unpaired) electrons. The number of benzene rings is 2. The van der Waals surface area contributed by atoms with E-state index in [1.807, 2.05) is 53.9 Å². The summed E-state index contributed by atoms with van der Waals surface area (Å²) in [4.78, 5) is 20.4. The summed E-state index contributed by atoms with van der Waals surface area (Å²) in [5.74, 6) is -0.0533. The number of rotatable bonds is 9. The van der Waals surface area contributed by atoms with E-state index in [0.29, 0.717) is 29.5 Å². The minimum atomic E-state index is -0.920. The summed E-state index contributed by atoms with van der Waals surface area (Å²) in [6, 6.07) is 15.9. The minimum absolute atomic E-state index is 0.0230. The Bertz CT molecular complexity index is 1730. The number of fused-ring (bicyclic) bond motifs is 2. The number of nitrogens with zero attached hydrogens (tertiary/aromatic N) is 1. The third-order valence-corrected chi connectivity index (χ3v) is 8.83. The first kappa shape index (κ1) is 29.4. The van der Waals surface area contributed by atoms with E-state index in [2.05, 4.69) is 25.8 Å². The molecule has 0 saturated heterocycles. The van der Waals surface area contributed by atoms with Gasteiger partial charge in [-0.1, -0.05) is 56.1 Å². The van der Waals surface area contributed by atoms with Crippen LogP contribution in [0.15, 0.2) is 53.9 Å². The monoisotopic (exact) mass is 608 g/mol. The third kappa shape index (κ3) is 6.56. The Morgan fingerprint density at radius 3 is 2.39 bits per heavy atom. The number of thiophene rings is 1. The lowest BCUT2D eigenvalue weighted by atomic mass is 9.81. The maximum Gasteiger partial charge on any atom is 0.309 e. The molecular formula is C33H34Cl2N2O3S. The highest BCUT2D eigenvalue weighted by Gasteiger charge is 2.31. The van der Waals surface area contributed by atoms with Crippen LogP contribution in [-0.4, -0.2) is 21.0 Å². The van der Waals surface area contributed by atoms with Crippen LogP contribution in [0, 0.1) is 10.8 Å². The van der Waals surface area contributed by atoms with Crippen LogP contribution in [0.3, 0.4) is 0 Å². The largest absolute Gasteiger partial charge is 0.487 e. The topological polar surface area (TPSA) is 75.2 Å². The maximum atomic E-state index is 12.1. The smallest absolute Gasteiger partial charge is 0.309 e. The lowest BCUT2D eigenvalue weighted by Gasteiger charge is -2.23. The van der Waals surface area contributed by atoms with E-state index < -0.39 is 11.4 Å². The summed E-state index contributed by atoms with van der Waals surface area (Å²) in [6.07, 6.45) is 1.80.